The first-order chi connectivity index (χ1) is 14.7. The lowest BCUT2D eigenvalue weighted by Gasteiger charge is -2.16. The van der Waals surface area contributed by atoms with E-state index >= 15 is 0 Å². The normalized spacial score (nSPS) is 13.2. The molecule has 4 aromatic rings. The van der Waals surface area contributed by atoms with Crippen molar-refractivity contribution in [2.24, 2.45) is 0 Å². The lowest BCUT2D eigenvalue weighted by Crippen LogP contribution is -2.10. The first-order valence-corrected chi connectivity index (χ1v) is 11.1. The summed E-state index contributed by atoms with van der Waals surface area (Å²) in [5.41, 5.74) is 5.43. The first kappa shape index (κ1) is 18.9. The second kappa shape index (κ2) is 7.95. The Morgan fingerprint density at radius 1 is 1.17 bits per heavy atom. The molecule has 0 saturated carbocycles. The maximum atomic E-state index is 12.7. The van der Waals surface area contributed by atoms with Crippen molar-refractivity contribution < 1.29 is 13.9 Å². The molecule has 152 valence electrons. The summed E-state index contributed by atoms with van der Waals surface area (Å²) in [6.45, 7) is 2.45. The number of hydrogen-bond acceptors (Lipinski definition) is 5. The summed E-state index contributed by atoms with van der Waals surface area (Å²) in [7, 11) is 0. The Balaban J connectivity index is 1.36. The zero-order valence-electron chi connectivity index (χ0n) is 16.7. The van der Waals surface area contributed by atoms with Gasteiger partial charge in [0.25, 0.3) is 5.91 Å². The van der Waals surface area contributed by atoms with Crippen molar-refractivity contribution in [3.05, 3.63) is 64.7 Å². The molecule has 5 rings (SSSR count). The van der Waals surface area contributed by atoms with Gasteiger partial charge in [-0.25, -0.2) is 4.98 Å². The lowest BCUT2D eigenvalue weighted by molar-refractivity contribution is 0.0998. The largest absolute Gasteiger partial charge is 0.490 e. The summed E-state index contributed by atoms with van der Waals surface area (Å²) in [5.74, 6) is 0.556. The molecule has 0 unspecified atom stereocenters. The standard InChI is InChI=1S/C24H22N2O3S/c1-2-28-20-9-5-8-18-13-21(29-22(18)20)23(27)26-24-25-19(14-30-24)17-11-10-15-6-3-4-7-16(15)12-17/h5,8-14H,2-4,6-7H2,1H3,(H,25,26,27). The maximum Gasteiger partial charge on any atom is 0.293 e. The van der Waals surface area contributed by atoms with Crippen molar-refractivity contribution in [1.82, 2.24) is 4.98 Å². The zero-order valence-corrected chi connectivity index (χ0v) is 17.6. The van der Waals surface area contributed by atoms with E-state index in [4.69, 9.17) is 9.15 Å². The summed E-state index contributed by atoms with van der Waals surface area (Å²) in [5, 5.41) is 6.22. The van der Waals surface area contributed by atoms with Crippen LogP contribution < -0.4 is 10.1 Å². The number of nitrogens with zero attached hydrogens (tertiary/aromatic N) is 1. The van der Waals surface area contributed by atoms with E-state index in [1.54, 1.807) is 6.07 Å². The third-order valence-electron chi connectivity index (χ3n) is 5.40. The van der Waals surface area contributed by atoms with Crippen LogP contribution in [0.3, 0.4) is 0 Å². The number of aryl methyl sites for hydroxylation is 2. The molecule has 0 saturated heterocycles. The summed E-state index contributed by atoms with van der Waals surface area (Å²) < 4.78 is 11.4. The Hall–Kier alpha value is -3.12. The van der Waals surface area contributed by atoms with Crippen LogP contribution in [0, 0.1) is 0 Å². The number of anilines is 1. The maximum absolute atomic E-state index is 12.7. The average Bonchev–Trinajstić information content (AvgIpc) is 3.41. The van der Waals surface area contributed by atoms with Crippen LogP contribution in [-0.2, 0) is 12.8 Å². The number of aromatic nitrogens is 1. The number of para-hydroxylation sites is 1. The summed E-state index contributed by atoms with van der Waals surface area (Å²) >= 11 is 1.41. The molecule has 1 N–H and O–H groups in total. The molecule has 2 heterocycles. The van der Waals surface area contributed by atoms with E-state index in [0.717, 1.165) is 29.5 Å². The van der Waals surface area contributed by atoms with E-state index < -0.39 is 0 Å². The zero-order chi connectivity index (χ0) is 20.5. The highest BCUT2D eigenvalue weighted by atomic mass is 32.1. The second-order valence-electron chi connectivity index (χ2n) is 7.40. The smallest absolute Gasteiger partial charge is 0.293 e. The number of thiazole rings is 1. The van der Waals surface area contributed by atoms with Crippen molar-refractivity contribution in [3.63, 3.8) is 0 Å². The van der Waals surface area contributed by atoms with Crippen molar-refractivity contribution in [1.29, 1.82) is 0 Å². The van der Waals surface area contributed by atoms with Gasteiger partial charge in [0.05, 0.1) is 12.3 Å². The second-order valence-corrected chi connectivity index (χ2v) is 8.26. The van der Waals surface area contributed by atoms with Gasteiger partial charge in [-0.3, -0.25) is 10.1 Å². The lowest BCUT2D eigenvalue weighted by atomic mass is 9.90. The molecule has 0 spiro atoms. The highest BCUT2D eigenvalue weighted by Gasteiger charge is 2.17. The molecule has 1 amide bonds. The summed E-state index contributed by atoms with van der Waals surface area (Å²) in [6.07, 6.45) is 4.81. The number of furan rings is 1. The molecule has 2 aromatic heterocycles. The third-order valence-corrected chi connectivity index (χ3v) is 6.16. The fraction of sp³-hybridized carbons (Fsp3) is 0.250. The Morgan fingerprint density at radius 2 is 2.03 bits per heavy atom. The van der Waals surface area contributed by atoms with Crippen LogP contribution >= 0.6 is 11.3 Å². The quantitative estimate of drug-likeness (QED) is 0.426. The number of nitrogens with one attached hydrogen (secondary N) is 1. The molecule has 0 fully saturated rings. The highest BCUT2D eigenvalue weighted by Crippen LogP contribution is 2.31. The van der Waals surface area contributed by atoms with Gasteiger partial charge in [0.1, 0.15) is 0 Å². The SMILES string of the molecule is CCOc1cccc2cc(C(=O)Nc3nc(-c4ccc5c(c4)CCCC5)cs3)oc12. The Kier molecular flexibility index (Phi) is 5.01. The summed E-state index contributed by atoms with van der Waals surface area (Å²) in [6, 6.07) is 13.9. The van der Waals surface area contributed by atoms with Gasteiger partial charge in [-0.05, 0) is 61.9 Å². The van der Waals surface area contributed by atoms with Crippen LogP contribution in [-0.4, -0.2) is 17.5 Å². The van der Waals surface area contributed by atoms with E-state index in [2.05, 4.69) is 28.5 Å². The number of fused-ring (bicyclic) bond motifs is 2. The number of benzene rings is 2. The van der Waals surface area contributed by atoms with Crippen LogP contribution in [0.15, 0.2) is 52.3 Å². The van der Waals surface area contributed by atoms with Crippen LogP contribution in [0.4, 0.5) is 5.13 Å². The fourth-order valence-corrected chi connectivity index (χ4v) is 4.65. The molecule has 6 heteroatoms. The van der Waals surface area contributed by atoms with Gasteiger partial charge in [-0.1, -0.05) is 24.3 Å². The van der Waals surface area contributed by atoms with Gasteiger partial charge in [0, 0.05) is 16.3 Å². The van der Waals surface area contributed by atoms with E-state index in [1.165, 1.54) is 35.3 Å². The van der Waals surface area contributed by atoms with Gasteiger partial charge in [-0.15, -0.1) is 11.3 Å². The molecule has 0 atom stereocenters. The first-order valence-electron chi connectivity index (χ1n) is 10.3. The molecule has 1 aliphatic carbocycles. The molecule has 0 bridgehead atoms. The van der Waals surface area contributed by atoms with Crippen LogP contribution in [0.5, 0.6) is 5.75 Å². The average molecular weight is 419 g/mol. The Labute approximate surface area is 178 Å². The monoisotopic (exact) mass is 418 g/mol. The van der Waals surface area contributed by atoms with Crippen molar-refractivity contribution in [3.8, 4) is 17.0 Å². The molecular formula is C24H22N2O3S. The van der Waals surface area contributed by atoms with E-state index in [1.807, 2.05) is 30.5 Å². The van der Waals surface area contributed by atoms with Crippen molar-refractivity contribution in [2.45, 2.75) is 32.6 Å². The van der Waals surface area contributed by atoms with Crippen LogP contribution in [0.25, 0.3) is 22.2 Å². The molecule has 1 aliphatic rings. The number of carbonyl (C=O) groups is 1. The molecular weight excluding hydrogens is 396 g/mol. The molecule has 2 aromatic carbocycles. The van der Waals surface area contributed by atoms with E-state index in [-0.39, 0.29) is 11.7 Å². The van der Waals surface area contributed by atoms with Gasteiger partial charge in [0.15, 0.2) is 22.2 Å². The number of hydrogen-bond donors (Lipinski definition) is 1. The molecule has 30 heavy (non-hydrogen) atoms. The predicted octanol–water partition coefficient (Wildman–Crippen LogP) is 6.09. The molecule has 0 radical (unpaired) electrons. The minimum absolute atomic E-state index is 0.239. The van der Waals surface area contributed by atoms with Gasteiger partial charge in [0.2, 0.25) is 0 Å². The minimum atomic E-state index is -0.319. The molecule has 0 aliphatic heterocycles. The van der Waals surface area contributed by atoms with Gasteiger partial charge < -0.3 is 9.15 Å². The van der Waals surface area contributed by atoms with Gasteiger partial charge >= 0.3 is 0 Å². The van der Waals surface area contributed by atoms with E-state index in [9.17, 15) is 4.79 Å². The summed E-state index contributed by atoms with van der Waals surface area (Å²) in [4.78, 5) is 17.3. The van der Waals surface area contributed by atoms with Crippen LogP contribution in [0.2, 0.25) is 0 Å². The van der Waals surface area contributed by atoms with Crippen molar-refractivity contribution in [2.75, 3.05) is 11.9 Å². The van der Waals surface area contributed by atoms with Gasteiger partial charge in [-0.2, -0.15) is 0 Å². The van der Waals surface area contributed by atoms with Crippen LogP contribution in [0.1, 0.15) is 41.4 Å². The Morgan fingerprint density at radius 3 is 2.90 bits per heavy atom. The number of rotatable bonds is 5. The number of carbonyl (C=O) groups excluding carboxylic acids is 1. The molecule has 5 nitrogen and oxygen atoms in total. The predicted molar refractivity (Wildman–Crippen MR) is 120 cm³/mol. The third kappa shape index (κ3) is 3.59. The number of ether oxygens (including phenoxy) is 1. The fourth-order valence-electron chi connectivity index (χ4n) is 3.93. The van der Waals surface area contributed by atoms with E-state index in [0.29, 0.717) is 23.1 Å². The Bertz CT molecular complexity index is 1220. The van der Waals surface area contributed by atoms with Crippen molar-refractivity contribution >= 4 is 33.3 Å². The topological polar surface area (TPSA) is 64.4 Å². The number of amides is 1. The minimum Gasteiger partial charge on any atom is -0.490 e. The highest BCUT2D eigenvalue weighted by molar-refractivity contribution is 7.14.